The molecule has 2 aromatic rings. The normalized spacial score (nSPS) is 26.0. The van der Waals surface area contributed by atoms with Gasteiger partial charge in [0.2, 0.25) is 23.3 Å². The maximum Gasteiger partial charge on any atom is 0.310 e. The molecule has 10 N–H and O–H groups in total. The number of likely N-dealkylation sites (tertiary alicyclic amines) is 1. The molecule has 16 heteroatoms. The van der Waals surface area contributed by atoms with Gasteiger partial charge in [-0.15, -0.1) is 0 Å². The Bertz CT molecular complexity index is 1120. The van der Waals surface area contributed by atoms with Gasteiger partial charge in [0.05, 0.1) is 12.0 Å². The number of fused-ring (bicyclic) bond motifs is 1. The van der Waals surface area contributed by atoms with Gasteiger partial charge in [0.25, 0.3) is 0 Å². The summed E-state index contributed by atoms with van der Waals surface area (Å²) in [6.07, 6.45) is -0.302. The summed E-state index contributed by atoms with van der Waals surface area (Å²) in [6, 6.07) is 1.32. The third kappa shape index (κ3) is 2.64. The number of hydrogen-bond acceptors (Lipinski definition) is 14. The first-order chi connectivity index (χ1) is 14.6. The van der Waals surface area contributed by atoms with E-state index in [0.29, 0.717) is 4.90 Å². The number of hydrogen-bond donors (Lipinski definition) is 10. The Balaban J connectivity index is 2.31. The molecular formula is C16H20N6O10. The molecule has 1 amide bonds. The molecule has 0 aliphatic carbocycles. The van der Waals surface area contributed by atoms with Crippen molar-refractivity contribution in [2.24, 2.45) is 5.92 Å². The Hall–Kier alpha value is -3.30. The van der Waals surface area contributed by atoms with Crippen LogP contribution >= 0.6 is 0 Å². The molecule has 3 heterocycles. The van der Waals surface area contributed by atoms with Crippen molar-refractivity contribution in [1.29, 1.82) is 5.26 Å². The van der Waals surface area contributed by atoms with Crippen molar-refractivity contribution in [2.45, 2.75) is 36.7 Å². The lowest BCUT2D eigenvalue weighted by molar-refractivity contribution is -0.527. The van der Waals surface area contributed by atoms with Gasteiger partial charge in [-0.05, 0) is 0 Å². The third-order valence-corrected chi connectivity index (χ3v) is 5.65. The standard InChI is InChI=1S/C16H20N6O10/c1-6-13(26,21(2)11-8-9(24)12(25)20-10(8)18-5-19-11)15(29,30)22(7(23)3-4-17)16(31,32)14(6,27)28/h5-6,24-32H,3H2,1-2H3,(H,18,19,20). The average Bonchev–Trinajstić information content (AvgIpc) is 2.98. The molecule has 1 fully saturated rings. The first-order valence-corrected chi connectivity index (χ1v) is 8.83. The Kier molecular flexibility index (Phi) is 5.00. The number of nitriles is 1. The Labute approximate surface area is 178 Å². The van der Waals surface area contributed by atoms with E-state index in [-0.39, 0.29) is 11.0 Å². The number of rotatable bonds is 3. The monoisotopic (exact) mass is 456 g/mol. The van der Waals surface area contributed by atoms with Crippen LogP contribution in [0.15, 0.2) is 6.33 Å². The van der Waals surface area contributed by atoms with Gasteiger partial charge >= 0.3 is 11.8 Å². The number of aromatic hydroxyl groups is 2. The van der Waals surface area contributed by atoms with Crippen molar-refractivity contribution in [3.05, 3.63) is 6.33 Å². The highest BCUT2D eigenvalue weighted by Gasteiger charge is 2.79. The summed E-state index contributed by atoms with van der Waals surface area (Å²) < 4.78 is 0. The molecule has 1 saturated heterocycles. The fourth-order valence-electron chi connectivity index (χ4n) is 3.81. The van der Waals surface area contributed by atoms with E-state index in [2.05, 4.69) is 15.0 Å². The Morgan fingerprint density at radius 3 is 2.34 bits per heavy atom. The van der Waals surface area contributed by atoms with E-state index in [0.717, 1.165) is 20.3 Å². The minimum absolute atomic E-state index is 0.180. The fraction of sp³-hybridized carbons (Fsp3) is 0.500. The van der Waals surface area contributed by atoms with E-state index >= 15 is 0 Å². The van der Waals surface area contributed by atoms with E-state index in [1.54, 1.807) is 0 Å². The van der Waals surface area contributed by atoms with Crippen LogP contribution in [0.3, 0.4) is 0 Å². The quantitative estimate of drug-likeness (QED) is 0.196. The molecular weight excluding hydrogens is 436 g/mol. The number of aliphatic hydroxyl groups is 7. The number of carbonyl (C=O) groups excluding carboxylic acids is 1. The van der Waals surface area contributed by atoms with E-state index in [9.17, 15) is 50.8 Å². The summed E-state index contributed by atoms with van der Waals surface area (Å²) in [7, 11) is 0.924. The first kappa shape index (κ1) is 23.4. The third-order valence-electron chi connectivity index (χ3n) is 5.65. The largest absolute Gasteiger partial charge is 0.503 e. The van der Waals surface area contributed by atoms with Crippen LogP contribution in [0.1, 0.15) is 13.3 Å². The van der Waals surface area contributed by atoms with E-state index in [4.69, 9.17) is 5.26 Å². The van der Waals surface area contributed by atoms with E-state index < -0.39 is 63.9 Å². The van der Waals surface area contributed by atoms with Crippen LogP contribution in [0.25, 0.3) is 11.0 Å². The van der Waals surface area contributed by atoms with Crippen LogP contribution in [0, 0.1) is 17.2 Å². The molecule has 3 rings (SSSR count). The van der Waals surface area contributed by atoms with Crippen molar-refractivity contribution in [2.75, 3.05) is 11.9 Å². The lowest BCUT2D eigenvalue weighted by Crippen LogP contribution is -2.89. The second kappa shape index (κ2) is 6.85. The minimum Gasteiger partial charge on any atom is -0.503 e. The number of nitrogens with zero attached hydrogens (tertiary/aromatic N) is 5. The molecule has 1 aliphatic heterocycles. The second-order valence-electron chi connectivity index (χ2n) is 7.31. The first-order valence-electron chi connectivity index (χ1n) is 8.83. The van der Waals surface area contributed by atoms with Crippen LogP contribution < -0.4 is 4.90 Å². The molecule has 16 nitrogen and oxygen atoms in total. The average molecular weight is 456 g/mol. The van der Waals surface area contributed by atoms with E-state index in [1.807, 2.05) is 0 Å². The number of carbonyl (C=O) groups is 1. The van der Waals surface area contributed by atoms with Crippen LogP contribution in [0.4, 0.5) is 5.82 Å². The smallest absolute Gasteiger partial charge is 0.310 e. The SMILES string of the molecule is CC1C(O)(O)C(O)(O)N(C(=O)CC#N)C(O)(O)C1(O)N(C)c1ncnc2[nH]c(O)c(O)c12. The summed E-state index contributed by atoms with van der Waals surface area (Å²) in [5, 5.41) is 103. The zero-order chi connectivity index (χ0) is 24.4. The molecule has 0 spiro atoms. The lowest BCUT2D eigenvalue weighted by atomic mass is 9.77. The highest BCUT2D eigenvalue weighted by Crippen LogP contribution is 2.51. The molecule has 2 aromatic heterocycles. The highest BCUT2D eigenvalue weighted by atomic mass is 16.7. The number of nitrogens with one attached hydrogen (secondary N) is 1. The summed E-state index contributed by atoms with van der Waals surface area (Å²) >= 11 is 0. The summed E-state index contributed by atoms with van der Waals surface area (Å²) in [5.74, 6) is -18.0. The molecule has 0 radical (unpaired) electrons. The Morgan fingerprint density at radius 1 is 1.19 bits per heavy atom. The van der Waals surface area contributed by atoms with Gasteiger partial charge in [0.15, 0.2) is 5.75 Å². The number of aromatic nitrogens is 3. The summed E-state index contributed by atoms with van der Waals surface area (Å²) in [4.78, 5) is 22.0. The molecule has 174 valence electrons. The predicted molar refractivity (Wildman–Crippen MR) is 98.3 cm³/mol. The van der Waals surface area contributed by atoms with Gasteiger partial charge in [-0.1, -0.05) is 6.92 Å². The fourth-order valence-corrected chi connectivity index (χ4v) is 3.81. The molecule has 2 unspecified atom stereocenters. The Morgan fingerprint density at radius 2 is 1.78 bits per heavy atom. The lowest BCUT2D eigenvalue weighted by Gasteiger charge is -2.62. The number of piperidine rings is 1. The molecule has 2 atom stereocenters. The van der Waals surface area contributed by atoms with Gasteiger partial charge in [0, 0.05) is 7.05 Å². The molecule has 0 bridgehead atoms. The molecule has 0 aromatic carbocycles. The topological polar surface area (TPSA) is 271 Å². The van der Waals surface area contributed by atoms with E-state index in [1.165, 1.54) is 6.07 Å². The zero-order valence-corrected chi connectivity index (χ0v) is 16.5. The zero-order valence-electron chi connectivity index (χ0n) is 16.5. The van der Waals surface area contributed by atoms with Crippen molar-refractivity contribution in [3.63, 3.8) is 0 Å². The van der Waals surface area contributed by atoms with Crippen LogP contribution in [-0.4, -0.2) is 102 Å². The number of amides is 1. The number of likely N-dealkylation sites (N-methyl/N-ethyl adjacent to an activating group) is 1. The van der Waals surface area contributed by atoms with Crippen molar-refractivity contribution in [1.82, 2.24) is 19.9 Å². The van der Waals surface area contributed by atoms with Gasteiger partial charge in [-0.3, -0.25) is 4.79 Å². The van der Waals surface area contributed by atoms with Gasteiger partial charge in [0.1, 0.15) is 29.6 Å². The summed E-state index contributed by atoms with van der Waals surface area (Å²) in [6.45, 7) is 0.776. The van der Waals surface area contributed by atoms with Gasteiger partial charge < -0.3 is 55.8 Å². The van der Waals surface area contributed by atoms with Gasteiger partial charge in [-0.25, -0.2) is 14.9 Å². The molecule has 0 saturated carbocycles. The maximum atomic E-state index is 12.3. The van der Waals surface area contributed by atoms with Crippen LogP contribution in [0.2, 0.25) is 0 Å². The number of aromatic amines is 1. The summed E-state index contributed by atoms with van der Waals surface area (Å²) in [5.41, 5.74) is -3.57. The van der Waals surface area contributed by atoms with Crippen molar-refractivity contribution < 1.29 is 50.8 Å². The minimum atomic E-state index is -4.09. The maximum absolute atomic E-state index is 12.3. The predicted octanol–water partition coefficient (Wildman–Crippen LogP) is -4.16. The molecule has 1 aliphatic rings. The van der Waals surface area contributed by atoms with Crippen LogP contribution in [-0.2, 0) is 4.79 Å². The second-order valence-corrected chi connectivity index (χ2v) is 7.31. The molecule has 32 heavy (non-hydrogen) atoms. The number of H-pyrrole nitrogens is 1. The van der Waals surface area contributed by atoms with Crippen molar-refractivity contribution in [3.8, 4) is 17.7 Å². The van der Waals surface area contributed by atoms with Gasteiger partial charge in [-0.2, -0.15) is 5.26 Å². The number of anilines is 1. The van der Waals surface area contributed by atoms with Crippen molar-refractivity contribution >= 4 is 22.8 Å². The van der Waals surface area contributed by atoms with Crippen LogP contribution in [0.5, 0.6) is 11.6 Å². The highest BCUT2D eigenvalue weighted by molar-refractivity contribution is 5.95.